The Labute approximate surface area is 153 Å². The Morgan fingerprint density at radius 3 is 2.58 bits per heavy atom. The monoisotopic (exact) mass is 375 g/mol. The molecule has 134 valence electrons. The Morgan fingerprint density at radius 2 is 1.92 bits per heavy atom. The van der Waals surface area contributed by atoms with Gasteiger partial charge in [0.1, 0.15) is 22.9 Å². The lowest BCUT2D eigenvalue weighted by atomic mass is 10.2. The Balaban J connectivity index is 1.81. The molecule has 0 radical (unpaired) electrons. The van der Waals surface area contributed by atoms with E-state index < -0.39 is 11.7 Å². The third-order valence-electron chi connectivity index (χ3n) is 3.55. The van der Waals surface area contributed by atoms with E-state index in [0.717, 1.165) is 0 Å². The lowest BCUT2D eigenvalue weighted by molar-refractivity contribution is 0.102. The maximum atomic E-state index is 13.3. The molecule has 0 aliphatic heterocycles. The first-order valence-corrected chi connectivity index (χ1v) is 7.87. The van der Waals surface area contributed by atoms with Crippen molar-refractivity contribution in [2.45, 2.75) is 0 Å². The molecule has 0 unspecified atom stereocenters. The zero-order valence-electron chi connectivity index (χ0n) is 13.6. The van der Waals surface area contributed by atoms with Crippen LogP contribution in [0.25, 0.3) is 0 Å². The number of amides is 1. The number of nitrogens with zero attached hydrogens (tertiary/aromatic N) is 1. The van der Waals surface area contributed by atoms with Crippen LogP contribution in [0, 0.1) is 5.82 Å². The van der Waals surface area contributed by atoms with Crippen LogP contribution >= 0.6 is 11.6 Å². The van der Waals surface area contributed by atoms with Crippen LogP contribution in [0.3, 0.4) is 0 Å². The molecule has 0 saturated carbocycles. The van der Waals surface area contributed by atoms with Crippen LogP contribution in [0.4, 0.5) is 27.4 Å². The van der Waals surface area contributed by atoms with E-state index in [9.17, 15) is 9.18 Å². The molecule has 7 nitrogen and oxygen atoms in total. The first-order chi connectivity index (χ1) is 12.5. The second-order valence-corrected chi connectivity index (χ2v) is 5.70. The largest absolute Gasteiger partial charge is 0.497 e. The highest BCUT2D eigenvalue weighted by Gasteiger charge is 2.20. The summed E-state index contributed by atoms with van der Waals surface area (Å²) in [5, 5.41) is 12.1. The molecule has 0 atom stereocenters. The van der Waals surface area contributed by atoms with Crippen molar-refractivity contribution in [3.8, 4) is 5.75 Å². The predicted molar refractivity (Wildman–Crippen MR) is 98.6 cm³/mol. The number of nitrogen functional groups attached to an aromatic ring is 1. The van der Waals surface area contributed by atoms with Crippen LogP contribution in [0.1, 0.15) is 10.4 Å². The quantitative estimate of drug-likeness (QED) is 0.543. The van der Waals surface area contributed by atoms with Gasteiger partial charge in [0.25, 0.3) is 5.91 Å². The summed E-state index contributed by atoms with van der Waals surface area (Å²) in [6.07, 6.45) is 0. The number of anilines is 4. The van der Waals surface area contributed by atoms with Crippen molar-refractivity contribution in [2.75, 3.05) is 23.5 Å². The van der Waals surface area contributed by atoms with Crippen molar-refractivity contribution in [2.24, 2.45) is 0 Å². The van der Waals surface area contributed by atoms with Gasteiger partial charge in [0.2, 0.25) is 0 Å². The van der Waals surface area contributed by atoms with Crippen LogP contribution < -0.4 is 21.1 Å². The van der Waals surface area contributed by atoms with Gasteiger partial charge in [-0.15, -0.1) is 0 Å². The molecule has 3 aromatic rings. The smallest absolute Gasteiger partial charge is 0.263 e. The van der Waals surface area contributed by atoms with Crippen LogP contribution in [0.2, 0.25) is 5.02 Å². The van der Waals surface area contributed by atoms with Crippen LogP contribution in [-0.2, 0) is 0 Å². The lowest BCUT2D eigenvalue weighted by Crippen LogP contribution is -2.14. The number of aromatic nitrogens is 2. The van der Waals surface area contributed by atoms with Gasteiger partial charge >= 0.3 is 0 Å². The standard InChI is InChI=1S/C17H15ClFN5O2/c1-26-11-5-2-9(3-6-11)22-17(25)14-15(20)23-24-16(14)21-10-4-7-13(19)12(18)8-10/h2-8H,1H3,(H,22,25)(H4,20,21,23,24). The highest BCUT2D eigenvalue weighted by Crippen LogP contribution is 2.27. The van der Waals surface area contributed by atoms with E-state index in [2.05, 4.69) is 20.8 Å². The fourth-order valence-corrected chi connectivity index (χ4v) is 2.43. The molecule has 3 rings (SSSR count). The Bertz CT molecular complexity index is 943. The van der Waals surface area contributed by atoms with E-state index in [0.29, 0.717) is 17.1 Å². The Morgan fingerprint density at radius 1 is 1.23 bits per heavy atom. The fourth-order valence-electron chi connectivity index (χ4n) is 2.25. The molecule has 1 aromatic heterocycles. The van der Waals surface area contributed by atoms with Crippen LogP contribution in [-0.4, -0.2) is 23.2 Å². The number of halogens is 2. The van der Waals surface area contributed by atoms with Gasteiger partial charge in [0.05, 0.1) is 12.1 Å². The number of carbonyl (C=O) groups excluding carboxylic acids is 1. The lowest BCUT2D eigenvalue weighted by Gasteiger charge is -2.09. The van der Waals surface area contributed by atoms with E-state index in [4.69, 9.17) is 22.1 Å². The van der Waals surface area contributed by atoms with E-state index in [-0.39, 0.29) is 22.2 Å². The molecule has 0 fully saturated rings. The molecular formula is C17H15ClFN5O2. The summed E-state index contributed by atoms with van der Waals surface area (Å²) in [5.41, 5.74) is 6.97. The van der Waals surface area contributed by atoms with Crippen molar-refractivity contribution >= 4 is 40.5 Å². The van der Waals surface area contributed by atoms with Crippen LogP contribution in [0.5, 0.6) is 5.75 Å². The minimum atomic E-state index is -0.545. The SMILES string of the molecule is COc1ccc(NC(=O)c2c(Nc3ccc(F)c(Cl)c3)n[nH]c2N)cc1. The summed E-state index contributed by atoms with van der Waals surface area (Å²) >= 11 is 5.76. The number of nitrogens with one attached hydrogen (secondary N) is 3. The third-order valence-corrected chi connectivity index (χ3v) is 3.84. The maximum Gasteiger partial charge on any atom is 0.263 e. The molecular weight excluding hydrogens is 361 g/mol. The summed E-state index contributed by atoms with van der Waals surface area (Å²) < 4.78 is 18.3. The number of rotatable bonds is 5. The number of carbonyl (C=O) groups is 1. The molecule has 9 heteroatoms. The molecule has 0 bridgehead atoms. The van der Waals surface area contributed by atoms with Gasteiger partial charge in [-0.2, -0.15) is 5.10 Å². The van der Waals surface area contributed by atoms with Gasteiger partial charge < -0.3 is 21.1 Å². The van der Waals surface area contributed by atoms with E-state index in [1.165, 1.54) is 18.2 Å². The second-order valence-electron chi connectivity index (χ2n) is 5.30. The number of ether oxygens (including phenoxy) is 1. The summed E-state index contributed by atoms with van der Waals surface area (Å²) in [7, 11) is 1.55. The average molecular weight is 376 g/mol. The second kappa shape index (κ2) is 7.32. The summed E-state index contributed by atoms with van der Waals surface area (Å²) in [6.45, 7) is 0. The highest BCUT2D eigenvalue weighted by molar-refractivity contribution is 6.31. The first-order valence-electron chi connectivity index (χ1n) is 7.49. The van der Waals surface area contributed by atoms with Crippen molar-refractivity contribution < 1.29 is 13.9 Å². The summed E-state index contributed by atoms with van der Waals surface area (Å²) in [4.78, 5) is 12.6. The number of benzene rings is 2. The first kappa shape index (κ1) is 17.6. The maximum absolute atomic E-state index is 13.3. The number of hydrogen-bond donors (Lipinski definition) is 4. The minimum absolute atomic E-state index is 0.0530. The van der Waals surface area contributed by atoms with Crippen molar-refractivity contribution in [3.63, 3.8) is 0 Å². The summed E-state index contributed by atoms with van der Waals surface area (Å²) in [5.74, 6) is -0.0577. The Kier molecular flexibility index (Phi) is 4.94. The van der Waals surface area contributed by atoms with Crippen molar-refractivity contribution in [1.29, 1.82) is 0 Å². The molecule has 1 heterocycles. The zero-order valence-corrected chi connectivity index (χ0v) is 14.4. The number of methoxy groups -OCH3 is 1. The molecule has 26 heavy (non-hydrogen) atoms. The van der Waals surface area contributed by atoms with E-state index >= 15 is 0 Å². The number of aromatic amines is 1. The molecule has 2 aromatic carbocycles. The molecule has 5 N–H and O–H groups in total. The van der Waals surface area contributed by atoms with Gasteiger partial charge in [0, 0.05) is 11.4 Å². The van der Waals surface area contributed by atoms with Crippen molar-refractivity contribution in [3.05, 3.63) is 58.9 Å². The van der Waals surface area contributed by atoms with Gasteiger partial charge in [-0.05, 0) is 42.5 Å². The molecule has 0 aliphatic rings. The van der Waals surface area contributed by atoms with E-state index in [1.54, 1.807) is 31.4 Å². The van der Waals surface area contributed by atoms with E-state index in [1.807, 2.05) is 0 Å². The van der Waals surface area contributed by atoms with Crippen LogP contribution in [0.15, 0.2) is 42.5 Å². The number of hydrogen-bond acceptors (Lipinski definition) is 5. The van der Waals surface area contributed by atoms with Gasteiger partial charge in [0.15, 0.2) is 5.82 Å². The Hall–Kier alpha value is -3.26. The molecule has 0 saturated heterocycles. The van der Waals surface area contributed by atoms with Gasteiger partial charge in [-0.25, -0.2) is 4.39 Å². The van der Waals surface area contributed by atoms with Gasteiger partial charge in [-0.1, -0.05) is 11.6 Å². The third kappa shape index (κ3) is 3.70. The highest BCUT2D eigenvalue weighted by atomic mass is 35.5. The van der Waals surface area contributed by atoms with Crippen molar-refractivity contribution in [1.82, 2.24) is 10.2 Å². The topological polar surface area (TPSA) is 105 Å². The fraction of sp³-hybridized carbons (Fsp3) is 0.0588. The predicted octanol–water partition coefficient (Wildman–Crippen LogP) is 3.79. The minimum Gasteiger partial charge on any atom is -0.497 e. The van der Waals surface area contributed by atoms with Gasteiger partial charge in [-0.3, -0.25) is 9.89 Å². The molecule has 1 amide bonds. The number of H-pyrrole nitrogens is 1. The molecule has 0 spiro atoms. The summed E-state index contributed by atoms with van der Waals surface area (Å²) in [6, 6.07) is 10.9. The zero-order chi connectivity index (χ0) is 18.7. The average Bonchev–Trinajstić information content (AvgIpc) is 2.99. The molecule has 0 aliphatic carbocycles. The normalized spacial score (nSPS) is 10.4. The number of nitrogens with two attached hydrogens (primary N) is 1.